The maximum atomic E-state index is 13.8. The van der Waals surface area contributed by atoms with Gasteiger partial charge in [-0.2, -0.15) is 0 Å². The average molecular weight is 345 g/mol. The molecule has 3 nitrogen and oxygen atoms in total. The molecule has 0 aromatic rings. The third kappa shape index (κ3) is 3.26. The van der Waals surface area contributed by atoms with Crippen LogP contribution in [0, 0.1) is 17.8 Å². The second-order valence-electron chi connectivity index (χ2n) is 9.22. The SMILES string of the molecule is CC(C)(C)[Si](C)(C)OC[C@H]1[C@@H]2CC[C@H](F)C[C@@H]2CC12OCCO2. The minimum absolute atomic E-state index is 0.201. The van der Waals surface area contributed by atoms with E-state index in [1.807, 2.05) is 0 Å². The first-order valence-electron chi connectivity index (χ1n) is 9.21. The summed E-state index contributed by atoms with van der Waals surface area (Å²) < 4.78 is 32.5. The summed E-state index contributed by atoms with van der Waals surface area (Å²) in [6.45, 7) is 13.4. The maximum Gasteiger partial charge on any atom is 0.191 e. The van der Waals surface area contributed by atoms with Gasteiger partial charge in [0.25, 0.3) is 0 Å². The Balaban J connectivity index is 1.75. The zero-order chi connectivity index (χ0) is 16.9. The molecule has 3 aliphatic rings. The number of hydrogen-bond donors (Lipinski definition) is 0. The van der Waals surface area contributed by atoms with E-state index in [-0.39, 0.29) is 11.0 Å². The molecule has 0 unspecified atom stereocenters. The maximum absolute atomic E-state index is 13.8. The Hall–Kier alpha value is 0.0269. The first-order valence-corrected chi connectivity index (χ1v) is 12.1. The van der Waals surface area contributed by atoms with Gasteiger partial charge in [-0.15, -0.1) is 0 Å². The standard InChI is InChI=1S/C18H33FO3Si/c1-17(2,3)23(4,5)22-12-16-15-7-6-14(19)10-13(15)11-18(16)20-8-9-21-18/h13-16H,6-12H2,1-5H3/t13-,14+,15-,16+/m1/s1. The Morgan fingerprint density at radius 1 is 1.17 bits per heavy atom. The van der Waals surface area contributed by atoms with Gasteiger partial charge in [-0.25, -0.2) is 4.39 Å². The van der Waals surface area contributed by atoms with Gasteiger partial charge < -0.3 is 13.9 Å². The fourth-order valence-electron chi connectivity index (χ4n) is 4.41. The molecule has 3 fully saturated rings. The smallest absolute Gasteiger partial charge is 0.191 e. The molecule has 1 aliphatic heterocycles. The molecule has 23 heavy (non-hydrogen) atoms. The predicted octanol–water partition coefficient (Wildman–Crippen LogP) is 4.53. The number of hydrogen-bond acceptors (Lipinski definition) is 3. The molecule has 0 N–H and O–H groups in total. The van der Waals surface area contributed by atoms with E-state index < -0.39 is 20.3 Å². The van der Waals surface area contributed by atoms with E-state index in [0.29, 0.717) is 44.5 Å². The number of ether oxygens (including phenoxy) is 2. The van der Waals surface area contributed by atoms with Crippen molar-refractivity contribution in [3.05, 3.63) is 0 Å². The largest absolute Gasteiger partial charge is 0.416 e. The van der Waals surface area contributed by atoms with E-state index in [2.05, 4.69) is 33.9 Å². The molecule has 0 bridgehead atoms. The fourth-order valence-corrected chi connectivity index (χ4v) is 5.43. The fraction of sp³-hybridized carbons (Fsp3) is 1.00. The average Bonchev–Trinajstić information content (AvgIpc) is 3.00. The van der Waals surface area contributed by atoms with Crippen molar-refractivity contribution in [2.45, 2.75) is 76.5 Å². The monoisotopic (exact) mass is 344 g/mol. The van der Waals surface area contributed by atoms with Crippen molar-refractivity contribution >= 4 is 8.32 Å². The van der Waals surface area contributed by atoms with Crippen LogP contribution in [0.25, 0.3) is 0 Å². The van der Waals surface area contributed by atoms with Crippen LogP contribution in [-0.2, 0) is 13.9 Å². The van der Waals surface area contributed by atoms with Crippen molar-refractivity contribution in [3.63, 3.8) is 0 Å². The third-order valence-corrected chi connectivity index (χ3v) is 11.3. The highest BCUT2D eigenvalue weighted by Gasteiger charge is 2.58. The van der Waals surface area contributed by atoms with Crippen LogP contribution in [0.2, 0.25) is 18.1 Å². The highest BCUT2D eigenvalue weighted by atomic mass is 28.4. The molecule has 4 atom stereocenters. The lowest BCUT2D eigenvalue weighted by Gasteiger charge is -2.40. The summed E-state index contributed by atoms with van der Waals surface area (Å²) in [4.78, 5) is 0. The van der Waals surface area contributed by atoms with Crippen LogP contribution in [0.15, 0.2) is 0 Å². The van der Waals surface area contributed by atoms with Gasteiger partial charge >= 0.3 is 0 Å². The van der Waals surface area contributed by atoms with Crippen LogP contribution in [0.3, 0.4) is 0 Å². The molecule has 1 heterocycles. The normalized spacial score (nSPS) is 37.3. The van der Waals surface area contributed by atoms with E-state index in [9.17, 15) is 4.39 Å². The lowest BCUT2D eigenvalue weighted by atomic mass is 9.77. The predicted molar refractivity (Wildman–Crippen MR) is 91.6 cm³/mol. The molecular formula is C18H33FO3Si. The van der Waals surface area contributed by atoms with Crippen LogP contribution in [0.5, 0.6) is 0 Å². The Labute approximate surface area is 141 Å². The zero-order valence-electron chi connectivity index (χ0n) is 15.4. The summed E-state index contributed by atoms with van der Waals surface area (Å²) in [6, 6.07) is 0. The van der Waals surface area contributed by atoms with Gasteiger partial charge in [0.05, 0.1) is 13.2 Å². The topological polar surface area (TPSA) is 27.7 Å². The molecule has 2 aliphatic carbocycles. The first-order chi connectivity index (χ1) is 10.6. The third-order valence-electron chi connectivity index (χ3n) is 6.81. The molecule has 3 rings (SSSR count). The van der Waals surface area contributed by atoms with Crippen molar-refractivity contribution in [1.82, 2.24) is 0 Å². The van der Waals surface area contributed by atoms with E-state index in [0.717, 1.165) is 12.8 Å². The Morgan fingerprint density at radius 3 is 2.43 bits per heavy atom. The van der Waals surface area contributed by atoms with E-state index in [1.165, 1.54) is 0 Å². The van der Waals surface area contributed by atoms with Gasteiger partial charge in [-0.3, -0.25) is 0 Å². The molecule has 5 heteroatoms. The Kier molecular flexibility index (Phi) is 4.71. The van der Waals surface area contributed by atoms with Crippen LogP contribution in [-0.4, -0.2) is 40.1 Å². The van der Waals surface area contributed by atoms with E-state index in [4.69, 9.17) is 13.9 Å². The van der Waals surface area contributed by atoms with Crippen molar-refractivity contribution in [1.29, 1.82) is 0 Å². The molecule has 1 saturated heterocycles. The summed E-state index contributed by atoms with van der Waals surface area (Å²) in [7, 11) is -1.80. The van der Waals surface area contributed by atoms with Gasteiger partial charge in [-0.05, 0) is 49.2 Å². The van der Waals surface area contributed by atoms with Gasteiger partial charge in [0.15, 0.2) is 14.1 Å². The van der Waals surface area contributed by atoms with Crippen LogP contribution in [0.1, 0.15) is 46.5 Å². The summed E-state index contributed by atoms with van der Waals surface area (Å²) in [5.74, 6) is 0.647. The quantitative estimate of drug-likeness (QED) is 0.704. The Morgan fingerprint density at radius 2 is 1.83 bits per heavy atom. The van der Waals surface area contributed by atoms with Crippen molar-refractivity contribution in [2.24, 2.45) is 17.8 Å². The van der Waals surface area contributed by atoms with E-state index >= 15 is 0 Å². The summed E-state index contributed by atoms with van der Waals surface area (Å²) >= 11 is 0. The van der Waals surface area contributed by atoms with Crippen LogP contribution in [0.4, 0.5) is 4.39 Å². The molecule has 0 aromatic carbocycles. The van der Waals surface area contributed by atoms with Crippen molar-refractivity contribution in [2.75, 3.05) is 19.8 Å². The lowest BCUT2D eigenvalue weighted by Crippen LogP contribution is -2.46. The van der Waals surface area contributed by atoms with Gasteiger partial charge in [0, 0.05) is 18.9 Å². The van der Waals surface area contributed by atoms with Crippen LogP contribution < -0.4 is 0 Å². The molecule has 0 amide bonds. The van der Waals surface area contributed by atoms with Crippen molar-refractivity contribution < 1.29 is 18.3 Å². The minimum Gasteiger partial charge on any atom is -0.416 e. The van der Waals surface area contributed by atoms with Gasteiger partial charge in [0.1, 0.15) is 6.17 Å². The molecular weight excluding hydrogens is 311 g/mol. The highest BCUT2D eigenvalue weighted by molar-refractivity contribution is 6.74. The summed E-state index contributed by atoms with van der Waals surface area (Å²) in [5.41, 5.74) is 0. The second-order valence-corrected chi connectivity index (χ2v) is 14.0. The lowest BCUT2D eigenvalue weighted by molar-refractivity contribution is -0.193. The molecule has 134 valence electrons. The van der Waals surface area contributed by atoms with Crippen molar-refractivity contribution in [3.8, 4) is 0 Å². The Bertz CT molecular complexity index is 428. The van der Waals surface area contributed by atoms with Gasteiger partial charge in [-0.1, -0.05) is 20.8 Å². The molecule has 0 radical (unpaired) electrons. The number of alkyl halides is 1. The minimum atomic E-state index is -1.80. The summed E-state index contributed by atoms with van der Waals surface area (Å²) in [6.07, 6.45) is 2.52. The molecule has 0 aromatic heterocycles. The first kappa shape index (κ1) is 17.8. The molecule has 1 spiro atoms. The van der Waals surface area contributed by atoms with Gasteiger partial charge in [0.2, 0.25) is 0 Å². The second kappa shape index (κ2) is 6.08. The highest BCUT2D eigenvalue weighted by Crippen LogP contribution is 2.55. The molecule has 2 saturated carbocycles. The zero-order valence-corrected chi connectivity index (χ0v) is 16.4. The van der Waals surface area contributed by atoms with E-state index in [1.54, 1.807) is 0 Å². The number of fused-ring (bicyclic) bond motifs is 1. The summed E-state index contributed by atoms with van der Waals surface area (Å²) in [5, 5.41) is 0.201. The number of halogens is 1. The van der Waals surface area contributed by atoms with Crippen LogP contribution >= 0.6 is 0 Å². The number of rotatable bonds is 3.